The van der Waals surface area contributed by atoms with Gasteiger partial charge < -0.3 is 18.8 Å². The first kappa shape index (κ1) is 27.1. The molecule has 3 heterocycles. The Balaban J connectivity index is 1.71. The van der Waals surface area contributed by atoms with Crippen LogP contribution in [0.15, 0.2) is 36.5 Å². The molecule has 1 aliphatic heterocycles. The van der Waals surface area contributed by atoms with Crippen molar-refractivity contribution < 1.29 is 18.9 Å². The van der Waals surface area contributed by atoms with Crippen molar-refractivity contribution in [1.29, 1.82) is 0 Å². The van der Waals surface area contributed by atoms with Crippen LogP contribution in [-0.2, 0) is 9.30 Å². The number of hydrogen-bond acceptors (Lipinski definition) is 6. The van der Waals surface area contributed by atoms with Gasteiger partial charge in [0.15, 0.2) is 0 Å². The Bertz CT molecular complexity index is 1380. The highest BCUT2D eigenvalue weighted by Crippen LogP contribution is 2.35. The van der Waals surface area contributed by atoms with Crippen molar-refractivity contribution in [3.05, 3.63) is 47.1 Å². The van der Waals surface area contributed by atoms with Crippen molar-refractivity contribution in [3.8, 4) is 0 Å². The Morgan fingerprint density at radius 3 is 2.65 bits per heavy atom. The predicted molar refractivity (Wildman–Crippen MR) is 147 cm³/mol. The Hall–Kier alpha value is -2.90. The van der Waals surface area contributed by atoms with Gasteiger partial charge in [-0.15, -0.1) is 0 Å². The first-order chi connectivity index (χ1) is 17.3. The molecule has 0 radical (unpaired) electrons. The maximum Gasteiger partial charge on any atom is 0.410 e. The van der Waals surface area contributed by atoms with Crippen molar-refractivity contribution >= 4 is 53.2 Å². The van der Waals surface area contributed by atoms with Crippen molar-refractivity contribution in [3.63, 3.8) is 0 Å². The molecule has 4 rings (SSSR count). The lowest BCUT2D eigenvalue weighted by Crippen LogP contribution is -2.39. The largest absolute Gasteiger partial charge is 0.444 e. The normalized spacial score (nSPS) is 16.9. The highest BCUT2D eigenvalue weighted by Gasteiger charge is 2.30. The summed E-state index contributed by atoms with van der Waals surface area (Å²) in [7, 11) is -2.64. The molecule has 0 aliphatic carbocycles. The number of anilines is 1. The fourth-order valence-corrected chi connectivity index (χ4v) is 5.46. The second-order valence-corrected chi connectivity index (χ2v) is 14.3. The minimum atomic E-state index is -2.64. The molecule has 0 bridgehead atoms. The lowest BCUT2D eigenvalue weighted by Gasteiger charge is -2.29. The number of hydrogen-bond donors (Lipinski definition) is 1. The molecule has 0 unspecified atom stereocenters. The molecule has 198 valence electrons. The van der Waals surface area contributed by atoms with Gasteiger partial charge in [0.2, 0.25) is 5.95 Å². The Morgan fingerprint density at radius 1 is 1.19 bits per heavy atom. The number of aromatic nitrogens is 3. The topological polar surface area (TPSA) is 106 Å². The zero-order valence-corrected chi connectivity index (χ0v) is 23.5. The molecule has 0 saturated carbocycles. The van der Waals surface area contributed by atoms with Crippen molar-refractivity contribution in [2.24, 2.45) is 0 Å². The number of amides is 2. The van der Waals surface area contributed by atoms with E-state index >= 15 is 0 Å². The summed E-state index contributed by atoms with van der Waals surface area (Å²) >= 11 is 6.63. The molecule has 1 atom stereocenters. The van der Waals surface area contributed by atoms with Crippen molar-refractivity contribution in [2.45, 2.75) is 51.7 Å². The van der Waals surface area contributed by atoms with E-state index in [2.05, 4.69) is 15.3 Å². The van der Waals surface area contributed by atoms with E-state index in [0.717, 1.165) is 19.3 Å². The van der Waals surface area contributed by atoms with Crippen LogP contribution in [0.25, 0.3) is 11.0 Å². The van der Waals surface area contributed by atoms with Crippen LogP contribution in [0.4, 0.5) is 10.7 Å². The second kappa shape index (κ2) is 10.5. The van der Waals surface area contributed by atoms with E-state index in [1.165, 1.54) is 6.20 Å². The lowest BCUT2D eigenvalue weighted by molar-refractivity contribution is 0.0238. The number of pyridine rings is 1. The van der Waals surface area contributed by atoms with E-state index in [-0.39, 0.29) is 12.1 Å². The standard InChI is InChI=1S/C26H33ClN5O4P/c1-26(2,3)36-25(34)31-14-7-6-9-18(16-31)32-22-19(27)10-8-11-20(22)29-24(32)30-23(33)17-12-13-28-21(15-17)37(4,5)35/h8,10-13,15,18H,6-7,9,14,16H2,1-5H3,(H,29,30,33)/t18-/m1/s1. The summed E-state index contributed by atoms with van der Waals surface area (Å²) < 4.78 is 20.1. The summed E-state index contributed by atoms with van der Waals surface area (Å²) in [5.41, 5.74) is 1.44. The number of imidazole rings is 1. The molecular weight excluding hydrogens is 513 g/mol. The fourth-order valence-electron chi connectivity index (χ4n) is 4.40. The third-order valence-corrected chi connectivity index (χ3v) is 7.76. The van der Waals surface area contributed by atoms with Crippen LogP contribution < -0.4 is 10.8 Å². The summed E-state index contributed by atoms with van der Waals surface area (Å²) in [4.78, 5) is 36.8. The SMILES string of the molecule is CC(C)(C)OC(=O)N1CCCC[C@@H](n2c(NC(=O)c3ccnc(P(C)(C)=O)c3)nc3cccc(Cl)c32)C1. The minimum absolute atomic E-state index is 0.185. The molecule has 2 amide bonds. The third-order valence-electron chi connectivity index (χ3n) is 6.11. The molecule has 1 aliphatic rings. The Kier molecular flexibility index (Phi) is 7.67. The van der Waals surface area contributed by atoms with Crippen LogP contribution in [0.3, 0.4) is 0 Å². The van der Waals surface area contributed by atoms with E-state index in [9.17, 15) is 14.2 Å². The molecule has 1 aromatic carbocycles. The first-order valence-corrected chi connectivity index (χ1v) is 15.3. The summed E-state index contributed by atoms with van der Waals surface area (Å²) in [6.45, 7) is 9.73. The maximum atomic E-state index is 13.3. The van der Waals surface area contributed by atoms with Crippen molar-refractivity contribution in [1.82, 2.24) is 19.4 Å². The van der Waals surface area contributed by atoms with E-state index in [1.807, 2.05) is 37.5 Å². The molecule has 11 heteroatoms. The van der Waals surface area contributed by atoms with Gasteiger partial charge in [-0.3, -0.25) is 15.1 Å². The summed E-state index contributed by atoms with van der Waals surface area (Å²) in [6, 6.07) is 8.37. The van der Waals surface area contributed by atoms with Crippen molar-refractivity contribution in [2.75, 3.05) is 31.7 Å². The third kappa shape index (κ3) is 6.33. The van der Waals surface area contributed by atoms with Gasteiger partial charge in [0.1, 0.15) is 18.2 Å². The summed E-state index contributed by atoms with van der Waals surface area (Å²) in [5.74, 6) is -0.0684. The average molecular weight is 546 g/mol. The van der Waals surface area contributed by atoms with E-state index in [0.29, 0.717) is 46.1 Å². The number of likely N-dealkylation sites (tertiary alicyclic amines) is 1. The monoisotopic (exact) mass is 545 g/mol. The fraction of sp³-hybridized carbons (Fsp3) is 0.462. The van der Waals surface area contributed by atoms with E-state index in [1.54, 1.807) is 36.4 Å². The maximum absolute atomic E-state index is 13.3. The van der Waals surface area contributed by atoms with Gasteiger partial charge in [-0.25, -0.2) is 9.78 Å². The zero-order valence-electron chi connectivity index (χ0n) is 21.8. The predicted octanol–water partition coefficient (Wildman–Crippen LogP) is 5.55. The molecule has 3 aromatic rings. The minimum Gasteiger partial charge on any atom is -0.444 e. The number of benzene rings is 1. The number of fused-ring (bicyclic) bond motifs is 1. The molecule has 2 aromatic heterocycles. The number of para-hydroxylation sites is 1. The van der Waals surface area contributed by atoms with Gasteiger partial charge in [0.05, 0.1) is 22.1 Å². The molecule has 37 heavy (non-hydrogen) atoms. The second-order valence-electron chi connectivity index (χ2n) is 10.7. The number of carbonyl (C=O) groups is 2. The van der Waals surface area contributed by atoms with Crippen LogP contribution in [-0.4, -0.2) is 63.5 Å². The number of nitrogens with one attached hydrogen (secondary N) is 1. The Morgan fingerprint density at radius 2 is 1.95 bits per heavy atom. The van der Waals surface area contributed by atoms with Crippen LogP contribution in [0.2, 0.25) is 5.02 Å². The molecular formula is C26H33ClN5O4P. The van der Waals surface area contributed by atoms with Crippen LogP contribution in [0.5, 0.6) is 0 Å². The lowest BCUT2D eigenvalue weighted by atomic mass is 10.1. The van der Waals surface area contributed by atoms with Gasteiger partial charge in [-0.2, -0.15) is 0 Å². The number of carbonyl (C=O) groups excluding carboxylic acids is 2. The average Bonchev–Trinajstić information content (AvgIpc) is 2.99. The van der Waals surface area contributed by atoms with Crippen LogP contribution in [0.1, 0.15) is 56.4 Å². The molecule has 1 N–H and O–H groups in total. The van der Waals surface area contributed by atoms with Gasteiger partial charge in [0.25, 0.3) is 5.91 Å². The van der Waals surface area contributed by atoms with Gasteiger partial charge in [-0.05, 0) is 77.6 Å². The van der Waals surface area contributed by atoms with E-state index < -0.39 is 18.7 Å². The first-order valence-electron chi connectivity index (χ1n) is 12.3. The number of ether oxygens (including phenoxy) is 1. The van der Waals surface area contributed by atoms with Gasteiger partial charge >= 0.3 is 6.09 Å². The number of halogens is 1. The molecule has 9 nitrogen and oxygen atoms in total. The van der Waals surface area contributed by atoms with Crippen LogP contribution >= 0.6 is 18.7 Å². The van der Waals surface area contributed by atoms with Crippen LogP contribution in [0, 0.1) is 0 Å². The number of rotatable bonds is 4. The number of nitrogens with zero attached hydrogens (tertiary/aromatic N) is 4. The van der Waals surface area contributed by atoms with E-state index in [4.69, 9.17) is 16.3 Å². The molecule has 1 fully saturated rings. The highest BCUT2D eigenvalue weighted by molar-refractivity contribution is 7.69. The zero-order chi connectivity index (χ0) is 27.0. The summed E-state index contributed by atoms with van der Waals surface area (Å²) in [6.07, 6.45) is 3.61. The quantitative estimate of drug-likeness (QED) is 0.431. The van der Waals surface area contributed by atoms with Gasteiger partial charge in [-0.1, -0.05) is 17.7 Å². The smallest absolute Gasteiger partial charge is 0.410 e. The Labute approximate surface area is 221 Å². The molecule has 0 spiro atoms. The molecule has 1 saturated heterocycles. The summed E-state index contributed by atoms with van der Waals surface area (Å²) in [5, 5.41) is 3.43. The van der Waals surface area contributed by atoms with Gasteiger partial charge in [0, 0.05) is 24.8 Å². The highest BCUT2D eigenvalue weighted by atomic mass is 35.5.